The van der Waals surface area contributed by atoms with Gasteiger partial charge in [-0.15, -0.1) is 13.2 Å². The highest BCUT2D eigenvalue weighted by molar-refractivity contribution is 5.68. The predicted molar refractivity (Wildman–Crippen MR) is 132 cm³/mol. The second-order valence-electron chi connectivity index (χ2n) is 8.75. The number of carbonyl (C=O) groups is 1. The van der Waals surface area contributed by atoms with Crippen LogP contribution in [0.2, 0.25) is 0 Å². The van der Waals surface area contributed by atoms with E-state index in [0.29, 0.717) is 19.3 Å². The fourth-order valence-corrected chi connectivity index (χ4v) is 4.24. The van der Waals surface area contributed by atoms with Crippen molar-refractivity contribution in [1.82, 2.24) is 9.80 Å². The Labute approximate surface area is 195 Å². The fourth-order valence-electron chi connectivity index (χ4n) is 4.24. The Morgan fingerprint density at radius 2 is 1.69 bits per heavy atom. The number of amides is 1. The van der Waals surface area contributed by atoms with Crippen molar-refractivity contribution in [2.75, 3.05) is 33.3 Å². The summed E-state index contributed by atoms with van der Waals surface area (Å²) in [5.41, 5.74) is 1.00. The zero-order valence-corrected chi connectivity index (χ0v) is 19.9. The second kappa shape index (κ2) is 15.7. The first-order chi connectivity index (χ1) is 15.6. The summed E-state index contributed by atoms with van der Waals surface area (Å²) < 4.78 is 11.7. The van der Waals surface area contributed by atoms with E-state index in [1.807, 2.05) is 41.3 Å². The van der Waals surface area contributed by atoms with Gasteiger partial charge in [0.1, 0.15) is 6.61 Å². The van der Waals surface area contributed by atoms with E-state index < -0.39 is 0 Å². The second-order valence-corrected chi connectivity index (χ2v) is 8.75. The van der Waals surface area contributed by atoms with Gasteiger partial charge in [-0.3, -0.25) is 0 Å². The van der Waals surface area contributed by atoms with Crippen molar-refractivity contribution in [3.8, 4) is 0 Å². The standard InChI is InChI=1S/C27H42N2O3/c1-4-19-28(3)21-11-6-7-12-22-31-26-17-15-25(16-18-26)29(20-5-2)27(30)32-23-24-13-9-8-10-14-24/h4-5,8-10,13-14,25-26H,1-2,6-7,11-12,15-23H2,3H3. The van der Waals surface area contributed by atoms with Gasteiger partial charge in [0.05, 0.1) is 6.10 Å². The van der Waals surface area contributed by atoms with Gasteiger partial charge in [-0.2, -0.15) is 0 Å². The summed E-state index contributed by atoms with van der Waals surface area (Å²) in [4.78, 5) is 16.8. The number of hydrogen-bond acceptors (Lipinski definition) is 4. The van der Waals surface area contributed by atoms with Gasteiger partial charge < -0.3 is 19.3 Å². The fraction of sp³-hybridized carbons (Fsp3) is 0.593. The molecule has 0 radical (unpaired) electrons. The van der Waals surface area contributed by atoms with Gasteiger partial charge in [0.15, 0.2) is 0 Å². The van der Waals surface area contributed by atoms with Crippen molar-refractivity contribution in [1.29, 1.82) is 0 Å². The molecule has 0 bridgehead atoms. The van der Waals surface area contributed by atoms with E-state index in [1.54, 1.807) is 6.08 Å². The zero-order valence-electron chi connectivity index (χ0n) is 19.9. The lowest BCUT2D eigenvalue weighted by molar-refractivity contribution is 0.00492. The number of unbranched alkanes of at least 4 members (excludes halogenated alkanes) is 3. The molecule has 1 saturated carbocycles. The smallest absolute Gasteiger partial charge is 0.410 e. The topological polar surface area (TPSA) is 42.0 Å². The van der Waals surface area contributed by atoms with E-state index in [9.17, 15) is 4.79 Å². The molecule has 0 N–H and O–H groups in total. The number of likely N-dealkylation sites (N-methyl/N-ethyl adjacent to an activating group) is 1. The molecular weight excluding hydrogens is 400 g/mol. The lowest BCUT2D eigenvalue weighted by atomic mass is 9.92. The Balaban J connectivity index is 1.61. The van der Waals surface area contributed by atoms with Gasteiger partial charge in [0, 0.05) is 25.7 Å². The molecule has 0 atom stereocenters. The first kappa shape index (κ1) is 26.1. The molecule has 1 aromatic rings. The molecule has 5 nitrogen and oxygen atoms in total. The maximum atomic E-state index is 12.7. The Morgan fingerprint density at radius 3 is 2.38 bits per heavy atom. The van der Waals surface area contributed by atoms with Gasteiger partial charge in [-0.1, -0.05) is 55.3 Å². The van der Waals surface area contributed by atoms with Crippen molar-refractivity contribution < 1.29 is 14.3 Å². The van der Waals surface area contributed by atoms with Gasteiger partial charge >= 0.3 is 6.09 Å². The lowest BCUT2D eigenvalue weighted by Gasteiger charge is -2.35. The van der Waals surface area contributed by atoms with E-state index in [0.717, 1.165) is 57.4 Å². The molecule has 0 aromatic heterocycles. The third-order valence-electron chi connectivity index (χ3n) is 6.08. The normalized spacial score (nSPS) is 18.3. The SMILES string of the molecule is C=CCN(C)CCCCCCOC1CCC(N(CC=C)C(=O)OCc2ccccc2)CC1. The van der Waals surface area contributed by atoms with E-state index in [2.05, 4.69) is 25.1 Å². The molecule has 32 heavy (non-hydrogen) atoms. The summed E-state index contributed by atoms with van der Waals surface area (Å²) in [7, 11) is 2.14. The average Bonchev–Trinajstić information content (AvgIpc) is 2.82. The van der Waals surface area contributed by atoms with Crippen LogP contribution in [0.25, 0.3) is 0 Å². The van der Waals surface area contributed by atoms with Crippen LogP contribution in [0.15, 0.2) is 55.6 Å². The number of ether oxygens (including phenoxy) is 2. The monoisotopic (exact) mass is 442 g/mol. The molecule has 2 rings (SSSR count). The highest BCUT2D eigenvalue weighted by Gasteiger charge is 2.29. The van der Waals surface area contributed by atoms with Gasteiger partial charge in [-0.25, -0.2) is 4.79 Å². The average molecular weight is 443 g/mol. The quantitative estimate of drug-likeness (QED) is 0.254. The van der Waals surface area contributed by atoms with Crippen LogP contribution in [0, 0.1) is 0 Å². The largest absolute Gasteiger partial charge is 0.445 e. The molecule has 1 aromatic carbocycles. The van der Waals surface area contributed by atoms with Crippen LogP contribution in [0.1, 0.15) is 56.9 Å². The molecular formula is C27H42N2O3. The zero-order chi connectivity index (χ0) is 23.0. The molecule has 0 spiro atoms. The Hall–Kier alpha value is -2.11. The number of nitrogens with zero attached hydrogens (tertiary/aromatic N) is 2. The summed E-state index contributed by atoms with van der Waals surface area (Å²) in [5, 5.41) is 0. The third-order valence-corrected chi connectivity index (χ3v) is 6.08. The Kier molecular flexibility index (Phi) is 12.8. The number of rotatable bonds is 15. The van der Waals surface area contributed by atoms with Crippen molar-refractivity contribution in [2.24, 2.45) is 0 Å². The van der Waals surface area contributed by atoms with Crippen molar-refractivity contribution >= 4 is 6.09 Å². The summed E-state index contributed by atoms with van der Waals surface area (Å²) in [6.45, 7) is 11.3. The molecule has 0 unspecified atom stereocenters. The first-order valence-corrected chi connectivity index (χ1v) is 12.1. The van der Waals surface area contributed by atoms with Crippen LogP contribution in [0.5, 0.6) is 0 Å². The number of hydrogen-bond donors (Lipinski definition) is 0. The highest BCUT2D eigenvalue weighted by Crippen LogP contribution is 2.26. The molecule has 178 valence electrons. The van der Waals surface area contributed by atoms with Crippen LogP contribution in [0.3, 0.4) is 0 Å². The van der Waals surface area contributed by atoms with Crippen molar-refractivity contribution in [3.63, 3.8) is 0 Å². The minimum Gasteiger partial charge on any atom is -0.445 e. The molecule has 0 saturated heterocycles. The minimum absolute atomic E-state index is 0.198. The van der Waals surface area contributed by atoms with Gasteiger partial charge in [-0.05, 0) is 57.7 Å². The molecule has 0 heterocycles. The van der Waals surface area contributed by atoms with Crippen LogP contribution >= 0.6 is 0 Å². The van der Waals surface area contributed by atoms with Crippen LogP contribution in [-0.4, -0.2) is 61.3 Å². The first-order valence-electron chi connectivity index (χ1n) is 12.1. The Bertz CT molecular complexity index is 656. The molecule has 0 aliphatic heterocycles. The Morgan fingerprint density at radius 1 is 1.00 bits per heavy atom. The maximum absolute atomic E-state index is 12.7. The van der Waals surface area contributed by atoms with Gasteiger partial charge in [0.25, 0.3) is 0 Å². The van der Waals surface area contributed by atoms with Crippen LogP contribution in [-0.2, 0) is 16.1 Å². The van der Waals surface area contributed by atoms with E-state index in [-0.39, 0.29) is 12.1 Å². The summed E-state index contributed by atoms with van der Waals surface area (Å²) in [6, 6.07) is 10.00. The number of carbonyl (C=O) groups excluding carboxylic acids is 1. The summed E-state index contributed by atoms with van der Waals surface area (Å²) in [6.07, 6.45) is 12.5. The summed E-state index contributed by atoms with van der Waals surface area (Å²) >= 11 is 0. The molecule has 1 amide bonds. The lowest BCUT2D eigenvalue weighted by Crippen LogP contribution is -2.43. The van der Waals surface area contributed by atoms with Crippen LogP contribution < -0.4 is 0 Å². The number of benzene rings is 1. The minimum atomic E-state index is -0.253. The molecule has 1 aliphatic rings. The summed E-state index contributed by atoms with van der Waals surface area (Å²) in [5.74, 6) is 0. The predicted octanol–water partition coefficient (Wildman–Crippen LogP) is 5.82. The van der Waals surface area contributed by atoms with Crippen LogP contribution in [0.4, 0.5) is 4.79 Å². The van der Waals surface area contributed by atoms with Crippen molar-refractivity contribution in [2.45, 2.75) is 70.1 Å². The molecule has 1 fully saturated rings. The molecule has 5 heteroatoms. The van der Waals surface area contributed by atoms with Crippen molar-refractivity contribution in [3.05, 3.63) is 61.2 Å². The van der Waals surface area contributed by atoms with Gasteiger partial charge in [0.2, 0.25) is 0 Å². The third kappa shape index (κ3) is 10.0. The molecule has 1 aliphatic carbocycles. The van der Waals surface area contributed by atoms with E-state index >= 15 is 0 Å². The van der Waals surface area contributed by atoms with E-state index in [4.69, 9.17) is 9.47 Å². The maximum Gasteiger partial charge on any atom is 0.410 e. The highest BCUT2D eigenvalue weighted by atomic mass is 16.6. The van der Waals surface area contributed by atoms with E-state index in [1.165, 1.54) is 19.3 Å².